The van der Waals surface area contributed by atoms with Crippen LogP contribution in [0.2, 0.25) is 0 Å². The second-order valence-corrected chi connectivity index (χ2v) is 6.55. The van der Waals surface area contributed by atoms with E-state index in [1.807, 2.05) is 22.9 Å². The third kappa shape index (κ3) is 2.77. The van der Waals surface area contributed by atoms with Crippen molar-refractivity contribution in [2.24, 2.45) is 0 Å². The zero-order valence-corrected chi connectivity index (χ0v) is 12.9. The minimum absolute atomic E-state index is 0.150. The van der Waals surface area contributed by atoms with E-state index in [0.29, 0.717) is 17.1 Å². The summed E-state index contributed by atoms with van der Waals surface area (Å²) in [5.74, 6) is -0.150. The number of amides is 1. The molecule has 20 heavy (non-hydrogen) atoms. The zero-order valence-electron chi connectivity index (χ0n) is 10.5. The summed E-state index contributed by atoms with van der Waals surface area (Å²) in [6.07, 6.45) is 0. The Bertz CT molecular complexity index is 717. The monoisotopic (exact) mass is 322 g/mol. The number of hydrogen-bond donors (Lipinski definition) is 1. The van der Waals surface area contributed by atoms with Crippen LogP contribution < -0.4 is 5.32 Å². The first kappa shape index (κ1) is 13.3. The van der Waals surface area contributed by atoms with E-state index in [9.17, 15) is 4.79 Å². The molecular weight excluding hydrogens is 312 g/mol. The van der Waals surface area contributed by atoms with E-state index < -0.39 is 0 Å². The molecule has 3 aromatic rings. The molecule has 3 heterocycles. The van der Waals surface area contributed by atoms with Crippen LogP contribution in [0.1, 0.15) is 21.1 Å². The Morgan fingerprint density at radius 3 is 3.00 bits per heavy atom. The van der Waals surface area contributed by atoms with Crippen LogP contribution in [0.25, 0.3) is 9.88 Å². The smallest absolute Gasteiger partial charge is 0.265 e. The lowest BCUT2D eigenvalue weighted by atomic mass is 10.3. The third-order valence-corrected chi connectivity index (χ3v) is 5.33. The lowest BCUT2D eigenvalue weighted by Crippen LogP contribution is -2.22. The van der Waals surface area contributed by atoms with Gasteiger partial charge in [0, 0.05) is 5.38 Å². The molecule has 3 aromatic heterocycles. The Hall–Kier alpha value is -1.64. The number of rotatable bonds is 4. The van der Waals surface area contributed by atoms with Gasteiger partial charge in [-0.1, -0.05) is 10.6 Å². The number of thiophene rings is 1. The molecule has 3 rings (SSSR count). The first-order chi connectivity index (χ1) is 9.74. The van der Waals surface area contributed by atoms with Crippen molar-refractivity contribution in [2.45, 2.75) is 13.5 Å². The summed E-state index contributed by atoms with van der Waals surface area (Å²) in [4.78, 5) is 18.1. The molecule has 0 bridgehead atoms. The van der Waals surface area contributed by atoms with Gasteiger partial charge < -0.3 is 5.32 Å². The van der Waals surface area contributed by atoms with Crippen LogP contribution >= 0.6 is 34.2 Å². The number of carbonyl (C=O) groups is 1. The minimum atomic E-state index is -0.150. The van der Waals surface area contributed by atoms with Crippen LogP contribution in [-0.4, -0.2) is 20.5 Å². The van der Waals surface area contributed by atoms with Gasteiger partial charge in [0.2, 0.25) is 0 Å². The van der Waals surface area contributed by atoms with Gasteiger partial charge in [0.15, 0.2) is 0 Å². The Morgan fingerprint density at radius 2 is 2.30 bits per heavy atom. The predicted molar refractivity (Wildman–Crippen MR) is 81.2 cm³/mol. The second kappa shape index (κ2) is 5.78. The number of thiazole rings is 1. The summed E-state index contributed by atoms with van der Waals surface area (Å²) in [7, 11) is 0. The lowest BCUT2D eigenvalue weighted by molar-refractivity contribution is 0.0953. The van der Waals surface area contributed by atoms with Crippen LogP contribution in [-0.2, 0) is 6.54 Å². The van der Waals surface area contributed by atoms with Gasteiger partial charge in [-0.25, -0.2) is 4.98 Å². The van der Waals surface area contributed by atoms with E-state index in [4.69, 9.17) is 0 Å². The molecule has 0 radical (unpaired) electrons. The maximum Gasteiger partial charge on any atom is 0.265 e. The van der Waals surface area contributed by atoms with Crippen LogP contribution in [0.4, 0.5) is 0 Å². The summed E-state index contributed by atoms with van der Waals surface area (Å²) in [5.41, 5.74) is 1.52. The summed E-state index contributed by atoms with van der Waals surface area (Å²) in [5, 5.41) is 11.6. The van der Waals surface area contributed by atoms with Gasteiger partial charge >= 0.3 is 0 Å². The molecule has 0 fully saturated rings. The van der Waals surface area contributed by atoms with E-state index >= 15 is 0 Å². The Labute approximate surface area is 127 Å². The summed E-state index contributed by atoms with van der Waals surface area (Å²) >= 11 is 4.35. The summed E-state index contributed by atoms with van der Waals surface area (Å²) < 4.78 is 3.75. The molecule has 1 amide bonds. The standard InChI is InChI=1S/C12H10N4OS3/c1-7-10(20-16-15-7)11(17)13-5-8-6-19-12(14-8)9-3-2-4-18-9/h2-4,6H,5H2,1H3,(H,13,17). The predicted octanol–water partition coefficient (Wildman–Crippen LogP) is 2.96. The number of carbonyl (C=O) groups excluding carboxylic acids is 1. The number of aromatic nitrogens is 3. The normalized spacial score (nSPS) is 10.7. The highest BCUT2D eigenvalue weighted by Gasteiger charge is 2.13. The number of nitrogens with one attached hydrogen (secondary N) is 1. The van der Waals surface area contributed by atoms with Crippen LogP contribution in [0.15, 0.2) is 22.9 Å². The molecule has 5 nitrogen and oxygen atoms in total. The molecule has 0 aliphatic rings. The minimum Gasteiger partial charge on any atom is -0.346 e. The molecule has 102 valence electrons. The Morgan fingerprint density at radius 1 is 1.40 bits per heavy atom. The topological polar surface area (TPSA) is 67.8 Å². The molecule has 0 spiro atoms. The zero-order chi connectivity index (χ0) is 13.9. The van der Waals surface area contributed by atoms with Crippen molar-refractivity contribution in [1.29, 1.82) is 0 Å². The van der Waals surface area contributed by atoms with Gasteiger partial charge in [-0.05, 0) is 29.9 Å². The average molecular weight is 322 g/mol. The van der Waals surface area contributed by atoms with Gasteiger partial charge in [-0.2, -0.15) is 0 Å². The van der Waals surface area contributed by atoms with Crippen molar-refractivity contribution < 1.29 is 4.79 Å². The fourth-order valence-corrected chi connectivity index (χ4v) is 3.80. The van der Waals surface area contributed by atoms with Crippen molar-refractivity contribution in [1.82, 2.24) is 19.9 Å². The third-order valence-electron chi connectivity index (χ3n) is 2.57. The van der Waals surface area contributed by atoms with E-state index in [2.05, 4.69) is 19.9 Å². The fraction of sp³-hybridized carbons (Fsp3) is 0.167. The quantitative estimate of drug-likeness (QED) is 0.802. The highest BCUT2D eigenvalue weighted by atomic mass is 32.1. The molecule has 0 aliphatic heterocycles. The van der Waals surface area contributed by atoms with E-state index in [0.717, 1.165) is 27.1 Å². The van der Waals surface area contributed by atoms with Crippen LogP contribution in [0.5, 0.6) is 0 Å². The van der Waals surface area contributed by atoms with Crippen molar-refractivity contribution in [3.05, 3.63) is 39.2 Å². The van der Waals surface area contributed by atoms with E-state index in [-0.39, 0.29) is 5.91 Å². The van der Waals surface area contributed by atoms with Gasteiger partial charge in [-0.15, -0.1) is 27.8 Å². The molecule has 0 saturated carbocycles. The maximum absolute atomic E-state index is 11.9. The average Bonchev–Trinajstić information content (AvgIpc) is 3.16. The first-order valence-electron chi connectivity index (χ1n) is 5.79. The van der Waals surface area contributed by atoms with Gasteiger partial charge in [-0.3, -0.25) is 4.79 Å². The molecule has 0 aromatic carbocycles. The van der Waals surface area contributed by atoms with Crippen molar-refractivity contribution in [2.75, 3.05) is 0 Å². The number of hydrogen-bond acceptors (Lipinski definition) is 7. The Balaban J connectivity index is 1.65. The number of aryl methyl sites for hydroxylation is 1. The van der Waals surface area contributed by atoms with E-state index in [1.165, 1.54) is 0 Å². The number of nitrogens with zero attached hydrogens (tertiary/aromatic N) is 3. The molecular formula is C12H10N4OS3. The molecule has 1 N–H and O–H groups in total. The largest absolute Gasteiger partial charge is 0.346 e. The molecule has 0 unspecified atom stereocenters. The fourth-order valence-electron chi connectivity index (χ4n) is 1.59. The highest BCUT2D eigenvalue weighted by molar-refractivity contribution is 7.20. The van der Waals surface area contributed by atoms with Crippen LogP contribution in [0.3, 0.4) is 0 Å². The molecule has 8 heteroatoms. The summed E-state index contributed by atoms with van der Waals surface area (Å²) in [6.45, 7) is 2.19. The summed E-state index contributed by atoms with van der Waals surface area (Å²) in [6, 6.07) is 4.04. The maximum atomic E-state index is 11.9. The molecule has 0 saturated heterocycles. The van der Waals surface area contributed by atoms with Crippen molar-refractivity contribution in [3.63, 3.8) is 0 Å². The SMILES string of the molecule is Cc1nnsc1C(=O)NCc1csc(-c2cccs2)n1. The Kier molecular flexibility index (Phi) is 3.86. The first-order valence-corrected chi connectivity index (χ1v) is 8.33. The van der Waals surface area contributed by atoms with Crippen molar-refractivity contribution >= 4 is 40.1 Å². The molecule has 0 aliphatic carbocycles. The van der Waals surface area contributed by atoms with Crippen LogP contribution in [0, 0.1) is 6.92 Å². The second-order valence-electron chi connectivity index (χ2n) is 3.99. The van der Waals surface area contributed by atoms with E-state index in [1.54, 1.807) is 29.6 Å². The van der Waals surface area contributed by atoms with Gasteiger partial charge in [0.1, 0.15) is 9.88 Å². The lowest BCUT2D eigenvalue weighted by Gasteiger charge is -2.00. The highest BCUT2D eigenvalue weighted by Crippen LogP contribution is 2.27. The molecule has 0 atom stereocenters. The van der Waals surface area contributed by atoms with Gasteiger partial charge in [0.05, 0.1) is 22.8 Å². The van der Waals surface area contributed by atoms with Crippen molar-refractivity contribution in [3.8, 4) is 9.88 Å². The van der Waals surface area contributed by atoms with Gasteiger partial charge in [0.25, 0.3) is 5.91 Å².